The van der Waals surface area contributed by atoms with Crippen LogP contribution in [0, 0.1) is 54.1 Å². The Hall–Kier alpha value is -4.52. The highest BCUT2D eigenvalue weighted by molar-refractivity contribution is 8.03. The van der Waals surface area contributed by atoms with Gasteiger partial charge in [0.05, 0.1) is 40.7 Å². The summed E-state index contributed by atoms with van der Waals surface area (Å²) < 4.78 is 12.7. The highest BCUT2D eigenvalue weighted by Crippen LogP contribution is 2.37. The average molecular weight is 2090 g/mol. The number of hydrogen-bond donors (Lipinski definition) is 1. The first-order valence-electron chi connectivity index (χ1n) is 50.4. The van der Waals surface area contributed by atoms with E-state index in [2.05, 4.69) is 523 Å². The number of thioether (sulfide) groups is 8. The molecule has 0 amide bonds. The number of rotatable bonds is 25. The number of aliphatic imine (C=N–C) groups is 2. The van der Waals surface area contributed by atoms with E-state index in [4.69, 9.17) is 0 Å². The van der Waals surface area contributed by atoms with E-state index in [-0.39, 0.29) is 43.3 Å². The molecule has 22 heteroatoms. The van der Waals surface area contributed by atoms with E-state index < -0.39 is 0 Å². The molecule has 8 heterocycles. The zero-order valence-corrected chi connectivity index (χ0v) is 106. The molecule has 6 aromatic heterocycles. The van der Waals surface area contributed by atoms with Crippen molar-refractivity contribution in [3.63, 3.8) is 0 Å². The lowest BCUT2D eigenvalue weighted by Gasteiger charge is -2.20. The Bertz CT molecular complexity index is 4900. The fraction of sp³-hybridized carbons (Fsp3) is 0.678. The SMILES string of the molecule is CC(C)(C)CSC=CC1=NC(C(C)(C)C)=CC1.CC(C)(C)CSC=CC1=NCC=C1C(C)(C)C.CC(C)(C)CSC=Cc1cc(C(C)(C)C)[nH]n1.CC(C)(C)CSCCc1cc(C(C)(C)C)sn1.Cn1c(C(C)(C)C)cnc1C=CSCC(C)(C)C.Cn1cc(C(C)(C)C)c(C=CSCC(C)(C)C)n1.Cn1cc(C(C)(C)C)nc1C=CSCC(C)(C)C.Cn1nc(C=CSCC(C)(C)C)cc1C(C)(C)C. The molecule has 0 saturated heterocycles. The van der Waals surface area contributed by atoms with Crippen LogP contribution < -0.4 is 0 Å². The molecule has 0 aromatic carbocycles. The molecule has 0 radical (unpaired) electrons. The van der Waals surface area contributed by atoms with Gasteiger partial charge in [0, 0.05) is 159 Å². The third kappa shape index (κ3) is 62.6. The smallest absolute Gasteiger partial charge is 0.133 e. The van der Waals surface area contributed by atoms with Crippen LogP contribution in [-0.2, 0) is 67.1 Å². The maximum atomic E-state index is 4.68. The van der Waals surface area contributed by atoms with Crippen LogP contribution in [0.2, 0.25) is 0 Å². The van der Waals surface area contributed by atoms with Gasteiger partial charge in [0.25, 0.3) is 0 Å². The minimum Gasteiger partial charge on any atom is -0.334 e. The summed E-state index contributed by atoms with van der Waals surface area (Å²) in [5.41, 5.74) is 19.9. The standard InChI is InChI=1S/4C15H26N2S.2C15H25NS.C14H24N2S.C14H25NS2/c1-14(2,3)11-18-9-8-13-16-12(10-17(13)7)15(4,5)6;1-14(2,3)11-18-9-8-13-16-10-12(17(13)7)15(4,5)6;1-14(2,3)11-18-9-8-13-12(15(4,5)6)10-17(7)16-13;1-14(2,3)11-18-9-8-12-10-13(15(4,5)6)17(7)16-12;1-14(2,3)11-17-10-8-13-12(7-9-16-13)15(4,5)6;1-14(2,3)11-17-10-9-12-7-8-13(16-12)15(4,5)6;1-13(2,3)10-17-8-7-11-9-12(16-15-11)14(4,5)6;1-13(2,3)10-16-8-7-11-9-12(17-15-11)14(4,5)6/h4*8-10H,11H2,1-7H3;7-8,10H,9,11H2,1-6H3;8-10H,7,11H2,1-6H3;7-9H,10H2,1-6H3,(H,15,16);9H,7-8,10H2,1-6H3. The second-order valence-corrected chi connectivity index (χ2v) is 63.2. The summed E-state index contributed by atoms with van der Waals surface area (Å²) in [6.45, 7) is 108. The van der Waals surface area contributed by atoms with E-state index in [1.54, 1.807) is 11.5 Å². The summed E-state index contributed by atoms with van der Waals surface area (Å²) in [6.07, 6.45) is 27.6. The van der Waals surface area contributed by atoms with Crippen LogP contribution in [0.4, 0.5) is 0 Å². The van der Waals surface area contributed by atoms with Crippen LogP contribution >= 0.6 is 106 Å². The number of aromatic amines is 1. The number of aromatic nitrogens is 11. The molecule has 1 N–H and O–H groups in total. The number of imidazole rings is 2. The van der Waals surface area contributed by atoms with Crippen molar-refractivity contribution in [2.75, 3.05) is 58.3 Å². The second-order valence-electron chi connectivity index (χ2n) is 55.0. The van der Waals surface area contributed by atoms with Crippen LogP contribution in [-0.4, -0.2) is 123 Å². The predicted octanol–water partition coefficient (Wildman–Crippen LogP) is 36.9. The fourth-order valence-corrected chi connectivity index (χ4v) is 19.8. The Balaban J connectivity index is 0.000000800. The zero-order chi connectivity index (χ0) is 108. The maximum Gasteiger partial charge on any atom is 0.133 e. The summed E-state index contributed by atoms with van der Waals surface area (Å²) in [4.78, 5) is 19.8. The van der Waals surface area contributed by atoms with Gasteiger partial charge in [-0.25, -0.2) is 9.97 Å². The molecule has 794 valence electrons. The molecule has 0 saturated carbocycles. The van der Waals surface area contributed by atoms with Gasteiger partial charge in [-0.3, -0.25) is 24.4 Å². The van der Waals surface area contributed by atoms with Gasteiger partial charge >= 0.3 is 0 Å². The number of allylic oxidation sites excluding steroid dienone is 5. The van der Waals surface area contributed by atoms with Crippen molar-refractivity contribution < 1.29 is 0 Å². The van der Waals surface area contributed by atoms with Crippen molar-refractivity contribution >= 4 is 147 Å². The van der Waals surface area contributed by atoms with Gasteiger partial charge in [-0.2, -0.15) is 31.4 Å². The Morgan fingerprint density at radius 1 is 0.393 bits per heavy atom. The lowest BCUT2D eigenvalue weighted by Crippen LogP contribution is -2.16. The van der Waals surface area contributed by atoms with Crippen LogP contribution in [0.1, 0.15) is 406 Å². The average Bonchev–Trinajstić information content (AvgIpc) is 1.68. The summed E-state index contributed by atoms with van der Waals surface area (Å²) in [5, 5.41) is 31.6. The highest BCUT2D eigenvalue weighted by Gasteiger charge is 2.28. The van der Waals surface area contributed by atoms with Crippen LogP contribution in [0.25, 0.3) is 30.4 Å². The van der Waals surface area contributed by atoms with Crippen molar-refractivity contribution in [3.05, 3.63) is 178 Å². The number of H-pyrrole nitrogens is 1. The molecule has 140 heavy (non-hydrogen) atoms. The molecule has 0 unspecified atom stereocenters. The van der Waals surface area contributed by atoms with Crippen molar-refractivity contribution in [1.82, 2.24) is 53.2 Å². The third-order valence-corrected chi connectivity index (χ3v) is 32.0. The first-order valence-corrected chi connectivity index (χ1v) is 59.7. The van der Waals surface area contributed by atoms with Gasteiger partial charge in [0.1, 0.15) is 11.6 Å². The lowest BCUT2D eigenvalue weighted by atomic mass is 9.84. The molecule has 8 rings (SSSR count). The van der Waals surface area contributed by atoms with Crippen molar-refractivity contribution in [1.29, 1.82) is 0 Å². The second kappa shape index (κ2) is 57.9. The number of aryl methyl sites for hydroxylation is 4. The Morgan fingerprint density at radius 3 is 1.19 bits per heavy atom. The molecule has 6 aromatic rings. The Kier molecular flexibility index (Phi) is 55.2. The zero-order valence-electron chi connectivity index (χ0n) is 98.7. The van der Waals surface area contributed by atoms with Gasteiger partial charge in [0.15, 0.2) is 0 Å². The minimum absolute atomic E-state index is 0.113. The Morgan fingerprint density at radius 2 is 0.821 bits per heavy atom. The maximum absolute atomic E-state index is 4.68. The number of nitrogens with zero attached hydrogens (tertiary/aromatic N) is 12. The molecule has 0 bridgehead atoms. The van der Waals surface area contributed by atoms with E-state index in [1.165, 1.54) is 67.4 Å². The van der Waals surface area contributed by atoms with E-state index in [9.17, 15) is 0 Å². The van der Waals surface area contributed by atoms with Gasteiger partial charge in [-0.1, -0.05) is 344 Å². The largest absolute Gasteiger partial charge is 0.334 e. The van der Waals surface area contributed by atoms with Gasteiger partial charge in [-0.05, 0) is 193 Å². The molecule has 0 atom stereocenters. The summed E-state index contributed by atoms with van der Waals surface area (Å²) in [7, 11) is 8.13. The molecule has 0 spiro atoms. The van der Waals surface area contributed by atoms with E-state index in [0.717, 1.165) is 94.1 Å². The summed E-state index contributed by atoms with van der Waals surface area (Å²) in [5.74, 6) is 12.4. The monoisotopic (exact) mass is 2090 g/mol. The minimum atomic E-state index is 0.113. The van der Waals surface area contributed by atoms with Crippen LogP contribution in [0.5, 0.6) is 0 Å². The van der Waals surface area contributed by atoms with Gasteiger partial charge in [0.2, 0.25) is 0 Å². The normalized spacial score (nSPS) is 14.4. The van der Waals surface area contributed by atoms with E-state index in [1.807, 2.05) is 124 Å². The van der Waals surface area contributed by atoms with Crippen molar-refractivity contribution in [2.45, 2.75) is 378 Å². The van der Waals surface area contributed by atoms with Gasteiger partial charge in [-0.15, -0.1) is 82.3 Å². The van der Waals surface area contributed by atoms with Gasteiger partial charge < -0.3 is 9.13 Å². The summed E-state index contributed by atoms with van der Waals surface area (Å²) >= 11 is 16.7. The van der Waals surface area contributed by atoms with Crippen LogP contribution in [0.15, 0.2) is 120 Å². The van der Waals surface area contributed by atoms with Crippen LogP contribution in [0.3, 0.4) is 0 Å². The van der Waals surface area contributed by atoms with E-state index >= 15 is 0 Å². The molecular formula is C118H203N13S9. The molecule has 2 aliphatic heterocycles. The van der Waals surface area contributed by atoms with E-state index in [0.29, 0.717) is 43.3 Å². The molecule has 2 aliphatic rings. The topological polar surface area (TPSA) is 138 Å². The lowest BCUT2D eigenvalue weighted by molar-refractivity contribution is 0.480. The summed E-state index contributed by atoms with van der Waals surface area (Å²) in [6, 6.07) is 6.57. The molecule has 0 aliphatic carbocycles. The fourth-order valence-electron chi connectivity index (χ4n) is 12.1. The quantitative estimate of drug-likeness (QED) is 0.0544. The third-order valence-electron chi connectivity index (χ3n) is 19.6. The first kappa shape index (κ1) is 133. The number of nitrogens with one attached hydrogen (secondary N) is 1. The molecule has 0 fully saturated rings. The first-order chi connectivity index (χ1) is 63.1. The highest BCUT2D eigenvalue weighted by atomic mass is 32.2. The number of hydrogen-bond acceptors (Lipinski definition) is 17. The predicted molar refractivity (Wildman–Crippen MR) is 652 cm³/mol. The Labute approximate surface area is 899 Å². The van der Waals surface area contributed by atoms with Crippen molar-refractivity contribution in [3.8, 4) is 0 Å². The molecule has 13 nitrogen and oxygen atoms in total. The molecular weight excluding hydrogens is 1890 g/mol. The van der Waals surface area contributed by atoms with Crippen molar-refractivity contribution in [2.24, 2.45) is 92.3 Å².